The number of nitrogens with one attached hydrogen (secondary N) is 1. The number of amides is 1. The van der Waals surface area contributed by atoms with E-state index in [9.17, 15) is 9.59 Å². The lowest BCUT2D eigenvalue weighted by molar-refractivity contribution is -0.112. The van der Waals surface area contributed by atoms with Crippen molar-refractivity contribution in [1.29, 1.82) is 0 Å². The zero-order valence-electron chi connectivity index (χ0n) is 13.1. The summed E-state index contributed by atoms with van der Waals surface area (Å²) >= 11 is 7.47. The van der Waals surface area contributed by atoms with Crippen LogP contribution in [0.25, 0.3) is 0 Å². The van der Waals surface area contributed by atoms with E-state index in [0.717, 1.165) is 5.75 Å². The average molecular weight is 356 g/mol. The average Bonchev–Trinajstić information content (AvgIpc) is 2.46. The van der Waals surface area contributed by atoms with E-state index in [1.165, 1.54) is 17.8 Å². The summed E-state index contributed by atoms with van der Waals surface area (Å²) in [5.74, 6) is 0.559. The van der Waals surface area contributed by atoms with Crippen molar-refractivity contribution in [3.63, 3.8) is 0 Å². The Hall–Kier alpha value is -1.66. The van der Waals surface area contributed by atoms with Crippen molar-refractivity contribution in [3.8, 4) is 0 Å². The molecule has 1 aliphatic heterocycles. The van der Waals surface area contributed by atoms with Crippen LogP contribution < -0.4 is 5.32 Å². The standard InChI is InChI=1S/C16H18ClNO4S/c1-9(2)22-16(20)11-6-12(17)8-13(7-11)18-15(19)14-10(3)21-4-5-23-14/h6-9H,4-5H2,1-3H3,(H,18,19). The van der Waals surface area contributed by atoms with Crippen molar-refractivity contribution in [1.82, 2.24) is 0 Å². The van der Waals surface area contributed by atoms with E-state index >= 15 is 0 Å². The van der Waals surface area contributed by atoms with Crippen LogP contribution in [0.5, 0.6) is 0 Å². The molecule has 124 valence electrons. The van der Waals surface area contributed by atoms with Gasteiger partial charge in [-0.25, -0.2) is 4.79 Å². The van der Waals surface area contributed by atoms with Crippen molar-refractivity contribution in [2.24, 2.45) is 0 Å². The van der Waals surface area contributed by atoms with Crippen LogP contribution in [0.15, 0.2) is 28.9 Å². The van der Waals surface area contributed by atoms with Gasteiger partial charge in [0.1, 0.15) is 10.7 Å². The molecule has 1 aliphatic rings. The molecule has 1 heterocycles. The first-order valence-electron chi connectivity index (χ1n) is 7.16. The van der Waals surface area contributed by atoms with Gasteiger partial charge in [0.2, 0.25) is 0 Å². The molecule has 0 saturated carbocycles. The third-order valence-electron chi connectivity index (χ3n) is 2.91. The maximum atomic E-state index is 12.3. The van der Waals surface area contributed by atoms with Gasteiger partial charge in [0.25, 0.3) is 5.91 Å². The Kier molecular flexibility index (Phi) is 5.96. The lowest BCUT2D eigenvalue weighted by atomic mass is 10.2. The van der Waals surface area contributed by atoms with E-state index in [4.69, 9.17) is 21.1 Å². The minimum absolute atomic E-state index is 0.233. The predicted octanol–water partition coefficient (Wildman–Crippen LogP) is 3.84. The van der Waals surface area contributed by atoms with Crippen LogP contribution in [0.1, 0.15) is 31.1 Å². The maximum Gasteiger partial charge on any atom is 0.338 e. The molecule has 1 N–H and O–H groups in total. The molecule has 0 fully saturated rings. The highest BCUT2D eigenvalue weighted by Crippen LogP contribution is 2.27. The molecule has 2 rings (SSSR count). The molecule has 5 nitrogen and oxygen atoms in total. The number of hydrogen-bond donors (Lipinski definition) is 1. The largest absolute Gasteiger partial charge is 0.496 e. The summed E-state index contributed by atoms with van der Waals surface area (Å²) in [6.45, 7) is 5.88. The van der Waals surface area contributed by atoms with Gasteiger partial charge in [0, 0.05) is 16.5 Å². The SMILES string of the molecule is CC1=C(C(=O)Nc2cc(Cl)cc(C(=O)OC(C)C)c2)SCCO1. The number of benzene rings is 1. The van der Waals surface area contributed by atoms with Gasteiger partial charge in [-0.3, -0.25) is 4.79 Å². The van der Waals surface area contributed by atoms with E-state index in [2.05, 4.69) is 5.32 Å². The Morgan fingerprint density at radius 3 is 2.74 bits per heavy atom. The fourth-order valence-electron chi connectivity index (χ4n) is 1.98. The van der Waals surface area contributed by atoms with Gasteiger partial charge < -0.3 is 14.8 Å². The predicted molar refractivity (Wildman–Crippen MR) is 91.7 cm³/mol. The number of rotatable bonds is 4. The van der Waals surface area contributed by atoms with Crippen molar-refractivity contribution < 1.29 is 19.1 Å². The molecule has 0 unspecified atom stereocenters. The third-order valence-corrected chi connectivity index (χ3v) is 4.26. The quantitative estimate of drug-likeness (QED) is 0.831. The number of anilines is 1. The third kappa shape index (κ3) is 4.91. The van der Waals surface area contributed by atoms with E-state index < -0.39 is 5.97 Å². The summed E-state index contributed by atoms with van der Waals surface area (Å²) < 4.78 is 10.5. The number of halogens is 1. The number of carbonyl (C=O) groups excluding carboxylic acids is 2. The summed E-state index contributed by atoms with van der Waals surface area (Å²) in [7, 11) is 0. The van der Waals surface area contributed by atoms with Crippen molar-refractivity contribution in [3.05, 3.63) is 39.4 Å². The number of allylic oxidation sites excluding steroid dienone is 1. The number of ether oxygens (including phenoxy) is 2. The Morgan fingerprint density at radius 1 is 1.35 bits per heavy atom. The normalized spacial score (nSPS) is 14.5. The van der Waals surface area contributed by atoms with Gasteiger partial charge in [-0.2, -0.15) is 0 Å². The first-order chi connectivity index (χ1) is 10.9. The molecule has 0 aromatic heterocycles. The van der Waals surface area contributed by atoms with Crippen molar-refractivity contribution in [2.75, 3.05) is 17.7 Å². The summed E-state index contributed by atoms with van der Waals surface area (Å²) in [5.41, 5.74) is 0.726. The molecular weight excluding hydrogens is 338 g/mol. The summed E-state index contributed by atoms with van der Waals surface area (Å²) in [6, 6.07) is 4.62. The Labute approximate surface area is 144 Å². The van der Waals surface area contributed by atoms with Crippen LogP contribution in [-0.2, 0) is 14.3 Å². The number of thioether (sulfide) groups is 1. The molecule has 1 aromatic carbocycles. The van der Waals surface area contributed by atoms with Gasteiger partial charge >= 0.3 is 5.97 Å². The monoisotopic (exact) mass is 355 g/mol. The van der Waals surface area contributed by atoms with Crippen LogP contribution in [0.4, 0.5) is 5.69 Å². The van der Waals surface area contributed by atoms with E-state index in [1.54, 1.807) is 32.9 Å². The zero-order valence-corrected chi connectivity index (χ0v) is 14.7. The van der Waals surface area contributed by atoms with Crippen LogP contribution in [0.2, 0.25) is 5.02 Å². The van der Waals surface area contributed by atoms with Gasteiger partial charge in [-0.1, -0.05) is 11.6 Å². The zero-order chi connectivity index (χ0) is 17.0. The van der Waals surface area contributed by atoms with E-state index in [-0.39, 0.29) is 12.0 Å². The van der Waals surface area contributed by atoms with Gasteiger partial charge in [0.15, 0.2) is 0 Å². The number of hydrogen-bond acceptors (Lipinski definition) is 5. The van der Waals surface area contributed by atoms with Crippen molar-refractivity contribution in [2.45, 2.75) is 26.9 Å². The highest BCUT2D eigenvalue weighted by atomic mass is 35.5. The molecule has 0 bridgehead atoms. The van der Waals surface area contributed by atoms with Crippen LogP contribution >= 0.6 is 23.4 Å². The lowest BCUT2D eigenvalue weighted by Gasteiger charge is -2.18. The number of esters is 1. The Bertz CT molecular complexity index is 657. The highest BCUT2D eigenvalue weighted by molar-refractivity contribution is 8.04. The molecular formula is C16H18ClNO4S. The second-order valence-corrected chi connectivity index (χ2v) is 6.76. The Morgan fingerprint density at radius 2 is 2.09 bits per heavy atom. The second kappa shape index (κ2) is 7.75. The molecule has 0 atom stereocenters. The molecule has 0 radical (unpaired) electrons. The molecule has 0 aliphatic carbocycles. The minimum atomic E-state index is -0.483. The smallest absolute Gasteiger partial charge is 0.338 e. The van der Waals surface area contributed by atoms with Crippen LogP contribution in [0.3, 0.4) is 0 Å². The topological polar surface area (TPSA) is 64.6 Å². The van der Waals surface area contributed by atoms with Crippen molar-refractivity contribution >= 4 is 40.9 Å². The fourth-order valence-corrected chi connectivity index (χ4v) is 3.03. The molecule has 23 heavy (non-hydrogen) atoms. The molecule has 0 spiro atoms. The van der Waals surface area contributed by atoms with Gasteiger partial charge in [-0.15, -0.1) is 11.8 Å². The maximum absolute atomic E-state index is 12.3. The molecule has 1 aromatic rings. The Balaban J connectivity index is 2.18. The van der Waals surface area contributed by atoms with Gasteiger partial charge in [-0.05, 0) is 39.0 Å². The molecule has 7 heteroatoms. The number of carbonyl (C=O) groups is 2. The first-order valence-corrected chi connectivity index (χ1v) is 8.52. The highest BCUT2D eigenvalue weighted by Gasteiger charge is 2.20. The van der Waals surface area contributed by atoms with Crippen LogP contribution in [0, 0.1) is 0 Å². The summed E-state index contributed by atoms with van der Waals surface area (Å²) in [6.07, 6.45) is -0.233. The summed E-state index contributed by atoms with van der Waals surface area (Å²) in [4.78, 5) is 24.8. The first kappa shape index (κ1) is 17.7. The van der Waals surface area contributed by atoms with Gasteiger partial charge in [0.05, 0.1) is 18.3 Å². The second-order valence-electron chi connectivity index (χ2n) is 5.22. The van der Waals surface area contributed by atoms with Crippen LogP contribution in [-0.4, -0.2) is 30.3 Å². The minimum Gasteiger partial charge on any atom is -0.496 e. The van der Waals surface area contributed by atoms with E-state index in [1.807, 2.05) is 0 Å². The molecule has 1 amide bonds. The summed E-state index contributed by atoms with van der Waals surface area (Å²) in [5, 5.41) is 3.09. The van der Waals surface area contributed by atoms with E-state index in [0.29, 0.717) is 33.5 Å². The fraction of sp³-hybridized carbons (Fsp3) is 0.375. The lowest BCUT2D eigenvalue weighted by Crippen LogP contribution is -2.19. The molecule has 0 saturated heterocycles.